The summed E-state index contributed by atoms with van der Waals surface area (Å²) >= 11 is 0. The van der Waals surface area contributed by atoms with Gasteiger partial charge in [0.25, 0.3) is 0 Å². The third-order valence-corrected chi connectivity index (χ3v) is 12.5. The summed E-state index contributed by atoms with van der Waals surface area (Å²) in [6.45, 7) is 9.55. The van der Waals surface area contributed by atoms with E-state index in [4.69, 9.17) is 0 Å². The Morgan fingerprint density at radius 3 is 1.40 bits per heavy atom. The van der Waals surface area contributed by atoms with E-state index in [1.807, 2.05) is 0 Å². The van der Waals surface area contributed by atoms with Crippen LogP contribution in [0.25, 0.3) is 65.3 Å². The maximum absolute atomic E-state index is 2.45. The van der Waals surface area contributed by atoms with Crippen molar-refractivity contribution >= 4 is 60.2 Å². The number of hydrogen-bond donors (Lipinski definition) is 0. The predicted octanol–water partition coefficient (Wildman–Crippen LogP) is 14.4. The monoisotopic (exact) mass is 677 g/mol. The molecule has 0 heterocycles. The highest BCUT2D eigenvalue weighted by Gasteiger charge is 2.38. The van der Waals surface area contributed by atoms with Crippen molar-refractivity contribution in [2.75, 3.05) is 4.90 Å². The molecule has 0 saturated heterocycles. The molecule has 2 aliphatic carbocycles. The van der Waals surface area contributed by atoms with E-state index in [-0.39, 0.29) is 10.8 Å². The van der Waals surface area contributed by atoms with Crippen molar-refractivity contribution in [3.63, 3.8) is 0 Å². The predicted molar refractivity (Wildman–Crippen MR) is 226 cm³/mol. The van der Waals surface area contributed by atoms with Crippen molar-refractivity contribution < 1.29 is 0 Å². The van der Waals surface area contributed by atoms with Gasteiger partial charge in [-0.3, -0.25) is 0 Å². The van der Waals surface area contributed by atoms with E-state index >= 15 is 0 Å². The van der Waals surface area contributed by atoms with E-state index in [1.165, 1.54) is 87.6 Å². The van der Waals surface area contributed by atoms with Gasteiger partial charge in [-0.05, 0) is 160 Å². The molecule has 1 nitrogen and oxygen atoms in total. The average molecular weight is 678 g/mol. The van der Waals surface area contributed by atoms with Gasteiger partial charge in [0.15, 0.2) is 0 Å². The van der Waals surface area contributed by atoms with Gasteiger partial charge < -0.3 is 4.90 Å². The summed E-state index contributed by atoms with van der Waals surface area (Å²) in [7, 11) is 0. The van der Waals surface area contributed by atoms with Gasteiger partial charge in [0.2, 0.25) is 0 Å². The van der Waals surface area contributed by atoms with E-state index in [0.29, 0.717) is 0 Å². The van der Waals surface area contributed by atoms with Crippen LogP contribution in [0.3, 0.4) is 0 Å². The number of benzene rings is 9. The van der Waals surface area contributed by atoms with Crippen molar-refractivity contribution in [1.82, 2.24) is 0 Å². The van der Waals surface area contributed by atoms with Gasteiger partial charge in [-0.25, -0.2) is 0 Å². The fraction of sp³-hybridized carbons (Fsp3) is 0.115. The van der Waals surface area contributed by atoms with Crippen LogP contribution in [0.5, 0.6) is 0 Å². The lowest BCUT2D eigenvalue weighted by Crippen LogP contribution is -2.15. The van der Waals surface area contributed by atoms with E-state index in [1.54, 1.807) is 0 Å². The molecule has 0 atom stereocenters. The number of rotatable bonds is 3. The van der Waals surface area contributed by atoms with Gasteiger partial charge in [-0.1, -0.05) is 119 Å². The lowest BCUT2D eigenvalue weighted by molar-refractivity contribution is 0.662. The van der Waals surface area contributed by atoms with Gasteiger partial charge in [-0.2, -0.15) is 0 Å². The second-order valence-electron chi connectivity index (χ2n) is 16.2. The van der Waals surface area contributed by atoms with Crippen LogP contribution in [0.4, 0.5) is 17.1 Å². The van der Waals surface area contributed by atoms with E-state index in [2.05, 4.69) is 196 Å². The van der Waals surface area contributed by atoms with Crippen LogP contribution in [0, 0.1) is 0 Å². The molecule has 0 aromatic heterocycles. The topological polar surface area (TPSA) is 3.24 Å². The van der Waals surface area contributed by atoms with Crippen LogP contribution in [0.2, 0.25) is 0 Å². The first-order valence-corrected chi connectivity index (χ1v) is 18.8. The second-order valence-corrected chi connectivity index (χ2v) is 16.2. The fourth-order valence-electron chi connectivity index (χ4n) is 9.78. The molecule has 53 heavy (non-hydrogen) atoms. The molecule has 9 aromatic carbocycles. The molecule has 9 aromatic rings. The smallest absolute Gasteiger partial charge is 0.0468 e. The minimum absolute atomic E-state index is 0.0865. The summed E-state index contributed by atoms with van der Waals surface area (Å²) in [5.74, 6) is 0. The van der Waals surface area contributed by atoms with Gasteiger partial charge in [0, 0.05) is 27.9 Å². The van der Waals surface area contributed by atoms with E-state index in [0.717, 1.165) is 17.1 Å². The van der Waals surface area contributed by atoms with E-state index in [9.17, 15) is 0 Å². The molecule has 0 aliphatic heterocycles. The van der Waals surface area contributed by atoms with Crippen LogP contribution in [0.1, 0.15) is 49.9 Å². The van der Waals surface area contributed by atoms with Gasteiger partial charge in [-0.15, -0.1) is 0 Å². The first-order chi connectivity index (χ1) is 25.8. The van der Waals surface area contributed by atoms with E-state index < -0.39 is 0 Å². The van der Waals surface area contributed by atoms with Crippen molar-refractivity contribution in [2.45, 2.75) is 38.5 Å². The highest BCUT2D eigenvalue weighted by molar-refractivity contribution is 6.03. The molecule has 0 bridgehead atoms. The first kappa shape index (κ1) is 30.4. The molecule has 0 amide bonds. The molecule has 0 spiro atoms. The zero-order chi connectivity index (χ0) is 35.6. The molecule has 0 fully saturated rings. The maximum Gasteiger partial charge on any atom is 0.0468 e. The minimum atomic E-state index is -0.104. The number of para-hydroxylation sites is 1. The van der Waals surface area contributed by atoms with Crippen LogP contribution >= 0.6 is 0 Å². The lowest BCUT2D eigenvalue weighted by Gasteiger charge is -2.27. The summed E-state index contributed by atoms with van der Waals surface area (Å²) in [5.41, 5.74) is 14.4. The van der Waals surface area contributed by atoms with Crippen molar-refractivity contribution in [1.29, 1.82) is 0 Å². The number of hydrogen-bond acceptors (Lipinski definition) is 1. The normalized spacial score (nSPS) is 14.7. The highest BCUT2D eigenvalue weighted by Crippen LogP contribution is 2.54. The fourth-order valence-corrected chi connectivity index (χ4v) is 9.78. The zero-order valence-corrected chi connectivity index (χ0v) is 30.5. The number of anilines is 3. The molecule has 0 unspecified atom stereocenters. The Morgan fingerprint density at radius 2 is 0.774 bits per heavy atom. The van der Waals surface area contributed by atoms with Gasteiger partial charge in [0.05, 0.1) is 0 Å². The average Bonchev–Trinajstić information content (AvgIpc) is 3.53. The Labute approximate surface area is 310 Å². The second kappa shape index (κ2) is 10.7. The standard InChI is InChI=1S/C52H39N/c1-51(2)47-29-34-14-10-9-13-33(34)27-45(47)46-28-36-18-20-40(25-38(36)31-48(46)51)53(39-16-6-5-7-17-39)41-21-23-42-37(24-41)19-22-43-44-26-32-12-8-11-15-35(32)30-49(44)52(3,4)50(42)43/h5-31H,1-4H3. The Bertz CT molecular complexity index is 2970. The highest BCUT2D eigenvalue weighted by atomic mass is 15.1. The van der Waals surface area contributed by atoms with Gasteiger partial charge in [0.1, 0.15) is 0 Å². The summed E-state index contributed by atoms with van der Waals surface area (Å²) in [4.78, 5) is 2.42. The Kier molecular flexibility index (Phi) is 6.14. The largest absolute Gasteiger partial charge is 0.310 e. The number of fused-ring (bicyclic) bond motifs is 11. The molecular weight excluding hydrogens is 639 g/mol. The lowest BCUT2D eigenvalue weighted by atomic mass is 9.80. The van der Waals surface area contributed by atoms with Crippen LogP contribution in [-0.4, -0.2) is 0 Å². The summed E-state index contributed by atoms with van der Waals surface area (Å²) in [5, 5.41) is 10.3. The molecule has 1 heteroatoms. The maximum atomic E-state index is 2.45. The first-order valence-electron chi connectivity index (χ1n) is 18.8. The quantitative estimate of drug-likeness (QED) is 0.180. The van der Waals surface area contributed by atoms with Gasteiger partial charge >= 0.3 is 0 Å². The molecule has 252 valence electrons. The Balaban J connectivity index is 1.05. The zero-order valence-electron chi connectivity index (χ0n) is 30.5. The Morgan fingerprint density at radius 1 is 0.321 bits per heavy atom. The van der Waals surface area contributed by atoms with Crippen molar-refractivity contribution in [3.05, 3.63) is 186 Å². The van der Waals surface area contributed by atoms with Crippen molar-refractivity contribution in [2.24, 2.45) is 0 Å². The molecular formula is C52H39N. The SMILES string of the molecule is CC1(C)c2cc3ccccc3cc2-c2cc3ccc(N(c4ccccc4)c4ccc5c6c(ccc5c4)-c4cc5ccccc5cc4C6(C)C)cc3cc21. The van der Waals surface area contributed by atoms with Crippen molar-refractivity contribution in [3.8, 4) is 22.3 Å². The van der Waals surface area contributed by atoms with Crippen LogP contribution < -0.4 is 4.90 Å². The minimum Gasteiger partial charge on any atom is -0.310 e. The molecule has 0 N–H and O–H groups in total. The molecule has 11 rings (SSSR count). The summed E-state index contributed by atoms with van der Waals surface area (Å²) in [6.07, 6.45) is 0. The summed E-state index contributed by atoms with van der Waals surface area (Å²) in [6, 6.07) is 61.5. The summed E-state index contributed by atoms with van der Waals surface area (Å²) < 4.78 is 0. The third kappa shape index (κ3) is 4.31. The molecule has 0 radical (unpaired) electrons. The van der Waals surface area contributed by atoms with Crippen LogP contribution in [0.15, 0.2) is 164 Å². The molecule has 0 saturated carbocycles. The number of nitrogens with zero attached hydrogens (tertiary/aromatic N) is 1. The Hall–Kier alpha value is -6.18. The third-order valence-electron chi connectivity index (χ3n) is 12.5. The molecule has 2 aliphatic rings. The van der Waals surface area contributed by atoms with Crippen LogP contribution in [-0.2, 0) is 10.8 Å².